The predicted octanol–water partition coefficient (Wildman–Crippen LogP) is 5.77. The summed E-state index contributed by atoms with van der Waals surface area (Å²) < 4.78 is 10.3. The number of terminal acetylenes is 2. The molecule has 0 bridgehead atoms. The summed E-state index contributed by atoms with van der Waals surface area (Å²) in [4.78, 5) is 23.0. The van der Waals surface area contributed by atoms with Crippen LogP contribution < -0.4 is 9.47 Å². The maximum absolute atomic E-state index is 11.5. The zero-order valence-corrected chi connectivity index (χ0v) is 19.2. The first kappa shape index (κ1) is 23.8. The van der Waals surface area contributed by atoms with Crippen molar-refractivity contribution in [2.24, 2.45) is 0 Å². The molecule has 4 heteroatoms. The zero-order chi connectivity index (χ0) is 25.3. The summed E-state index contributed by atoms with van der Waals surface area (Å²) in [6.45, 7) is 0. The lowest BCUT2D eigenvalue weighted by molar-refractivity contribution is -0.128. The average Bonchev–Trinajstić information content (AvgIpc) is 2.93. The summed E-state index contributed by atoms with van der Waals surface area (Å²) in [5, 5.41) is 0. The first-order valence-corrected chi connectivity index (χ1v) is 11.0. The molecule has 0 N–H and O–H groups in total. The Balaban J connectivity index is 1.92. The molecule has 36 heavy (non-hydrogen) atoms. The fourth-order valence-electron chi connectivity index (χ4n) is 3.77. The van der Waals surface area contributed by atoms with Crippen LogP contribution in [0.3, 0.4) is 0 Å². The molecule has 172 valence electrons. The van der Waals surface area contributed by atoms with Gasteiger partial charge in [0, 0.05) is 11.8 Å². The van der Waals surface area contributed by atoms with Crippen molar-refractivity contribution < 1.29 is 19.1 Å². The minimum absolute atomic E-state index is 0.357. The summed E-state index contributed by atoms with van der Waals surface area (Å²) in [7, 11) is 0. The molecular weight excluding hydrogens is 448 g/mol. The molecular formula is C32H20O4. The van der Waals surface area contributed by atoms with E-state index in [-0.39, 0.29) is 0 Å². The summed E-state index contributed by atoms with van der Waals surface area (Å²) >= 11 is 0. The highest BCUT2D eigenvalue weighted by atomic mass is 16.5. The van der Waals surface area contributed by atoms with Crippen LogP contribution in [0.5, 0.6) is 11.5 Å². The van der Waals surface area contributed by atoms with E-state index in [1.54, 1.807) is 24.3 Å². The lowest BCUT2D eigenvalue weighted by Crippen LogP contribution is -2.04. The topological polar surface area (TPSA) is 52.6 Å². The summed E-state index contributed by atoms with van der Waals surface area (Å²) in [5.41, 5.74) is 5.72. The van der Waals surface area contributed by atoms with E-state index < -0.39 is 11.9 Å². The van der Waals surface area contributed by atoms with Crippen LogP contribution in [0.25, 0.3) is 11.1 Å². The molecule has 4 nitrogen and oxygen atoms in total. The van der Waals surface area contributed by atoms with E-state index in [0.29, 0.717) is 11.5 Å². The zero-order valence-electron chi connectivity index (χ0n) is 19.2. The molecule has 0 aliphatic rings. The van der Waals surface area contributed by atoms with Crippen LogP contribution in [0, 0.1) is 24.7 Å². The van der Waals surface area contributed by atoms with Gasteiger partial charge < -0.3 is 9.47 Å². The number of rotatable bonds is 6. The lowest BCUT2D eigenvalue weighted by Gasteiger charge is -2.18. The van der Waals surface area contributed by atoms with Gasteiger partial charge in [-0.3, -0.25) is 0 Å². The van der Waals surface area contributed by atoms with Crippen molar-refractivity contribution in [3.8, 4) is 36.2 Å². The van der Waals surface area contributed by atoms with Crippen molar-refractivity contribution in [1.29, 1.82) is 0 Å². The third kappa shape index (κ3) is 5.59. The van der Waals surface area contributed by atoms with Gasteiger partial charge in [0.2, 0.25) is 0 Å². The lowest BCUT2D eigenvalue weighted by atomic mass is 9.86. The van der Waals surface area contributed by atoms with Gasteiger partial charge in [0.15, 0.2) is 0 Å². The van der Waals surface area contributed by atoms with E-state index in [2.05, 4.69) is 0 Å². The number of esters is 2. The first-order chi connectivity index (χ1) is 17.6. The highest BCUT2D eigenvalue weighted by Crippen LogP contribution is 2.37. The van der Waals surface area contributed by atoms with E-state index >= 15 is 0 Å². The molecule has 0 saturated heterocycles. The van der Waals surface area contributed by atoms with Gasteiger partial charge in [-0.05, 0) is 57.7 Å². The van der Waals surface area contributed by atoms with Crippen molar-refractivity contribution in [3.05, 3.63) is 131 Å². The fourth-order valence-corrected chi connectivity index (χ4v) is 3.77. The fraction of sp³-hybridized carbons (Fsp3) is 0. The van der Waals surface area contributed by atoms with Gasteiger partial charge in [0.05, 0.1) is 0 Å². The number of carbonyl (C=O) groups excluding carboxylic acids is 2. The quantitative estimate of drug-likeness (QED) is 0.119. The van der Waals surface area contributed by atoms with Crippen molar-refractivity contribution in [2.45, 2.75) is 0 Å². The van der Waals surface area contributed by atoms with Gasteiger partial charge >= 0.3 is 11.9 Å². The van der Waals surface area contributed by atoms with Crippen molar-refractivity contribution in [3.63, 3.8) is 0 Å². The van der Waals surface area contributed by atoms with E-state index in [0.717, 1.165) is 33.4 Å². The van der Waals surface area contributed by atoms with Crippen molar-refractivity contribution in [2.75, 3.05) is 0 Å². The average molecular weight is 469 g/mol. The van der Waals surface area contributed by atoms with Crippen LogP contribution in [0.4, 0.5) is 0 Å². The molecule has 0 spiro atoms. The van der Waals surface area contributed by atoms with Gasteiger partial charge in [0.1, 0.15) is 11.5 Å². The first-order valence-electron chi connectivity index (χ1n) is 11.0. The van der Waals surface area contributed by atoms with Crippen LogP contribution in [-0.2, 0) is 9.59 Å². The SMILES string of the molecule is C#CC(=O)Oc1ccc(/C(=C(\c2ccccc2)c2ccc(OC(=O)C#C)cc2)c2ccccc2)cc1. The van der Waals surface area contributed by atoms with Crippen LogP contribution in [0.15, 0.2) is 109 Å². The minimum atomic E-state index is -0.753. The second kappa shape index (κ2) is 11.2. The van der Waals surface area contributed by atoms with Crippen LogP contribution in [0.2, 0.25) is 0 Å². The molecule has 0 aromatic heterocycles. The molecule has 0 saturated carbocycles. The highest BCUT2D eigenvalue weighted by molar-refractivity contribution is 6.04. The smallest absolute Gasteiger partial charge is 0.389 e. The van der Waals surface area contributed by atoms with Gasteiger partial charge in [-0.2, -0.15) is 0 Å². The number of ether oxygens (including phenoxy) is 2. The Kier molecular flexibility index (Phi) is 7.41. The molecule has 4 rings (SSSR count). The van der Waals surface area contributed by atoms with Crippen LogP contribution in [-0.4, -0.2) is 11.9 Å². The van der Waals surface area contributed by atoms with Gasteiger partial charge in [-0.15, -0.1) is 12.8 Å². The van der Waals surface area contributed by atoms with E-state index in [9.17, 15) is 9.59 Å². The maximum atomic E-state index is 11.5. The Labute approximate surface area is 209 Å². The number of carbonyl (C=O) groups is 2. The Hall–Kier alpha value is -5.32. The standard InChI is InChI=1S/C32H20O4/c1-3-29(33)35-27-19-15-25(16-20-27)31(23-11-7-5-8-12-23)32(24-13-9-6-10-14-24)26-17-21-28(22-18-26)36-30(34)4-2/h1-2,5-22H/b32-31+. The molecule has 0 heterocycles. The van der Waals surface area contributed by atoms with Gasteiger partial charge in [-0.1, -0.05) is 84.9 Å². The van der Waals surface area contributed by atoms with Crippen LogP contribution >= 0.6 is 0 Å². The van der Waals surface area contributed by atoms with Gasteiger partial charge in [-0.25, -0.2) is 9.59 Å². The van der Waals surface area contributed by atoms with E-state index in [4.69, 9.17) is 22.3 Å². The molecule has 0 atom stereocenters. The van der Waals surface area contributed by atoms with Crippen molar-refractivity contribution in [1.82, 2.24) is 0 Å². The molecule has 0 aliphatic carbocycles. The predicted molar refractivity (Wildman–Crippen MR) is 140 cm³/mol. The molecule has 0 unspecified atom stereocenters. The molecule has 4 aromatic rings. The monoisotopic (exact) mass is 468 g/mol. The second-order valence-corrected chi connectivity index (χ2v) is 7.60. The minimum Gasteiger partial charge on any atom is -0.417 e. The summed E-state index contributed by atoms with van der Waals surface area (Å²) in [6, 6.07) is 34.3. The third-order valence-electron chi connectivity index (χ3n) is 5.32. The van der Waals surface area contributed by atoms with Gasteiger partial charge in [0.25, 0.3) is 0 Å². The van der Waals surface area contributed by atoms with E-state index in [1.165, 1.54) is 0 Å². The van der Waals surface area contributed by atoms with Crippen molar-refractivity contribution >= 4 is 23.1 Å². The van der Waals surface area contributed by atoms with E-state index in [1.807, 2.05) is 96.8 Å². The number of benzene rings is 4. The third-order valence-corrected chi connectivity index (χ3v) is 5.32. The maximum Gasteiger partial charge on any atom is 0.389 e. The molecule has 4 aromatic carbocycles. The Bertz CT molecular complexity index is 1370. The highest BCUT2D eigenvalue weighted by Gasteiger charge is 2.17. The van der Waals surface area contributed by atoms with Crippen LogP contribution in [0.1, 0.15) is 22.3 Å². The summed E-state index contributed by atoms with van der Waals surface area (Å²) in [5.74, 6) is 3.10. The molecule has 0 amide bonds. The normalized spacial score (nSPS) is 10.8. The molecule has 0 aliphatic heterocycles. The summed E-state index contributed by atoms with van der Waals surface area (Å²) in [6.07, 6.45) is 10.2. The number of hydrogen-bond acceptors (Lipinski definition) is 4. The Morgan fingerprint density at radius 2 is 0.778 bits per heavy atom. The molecule has 0 fully saturated rings. The largest absolute Gasteiger partial charge is 0.417 e. The molecule has 0 radical (unpaired) electrons. The number of hydrogen-bond donors (Lipinski definition) is 0. The Morgan fingerprint density at radius 1 is 0.472 bits per heavy atom. The Morgan fingerprint density at radius 3 is 1.08 bits per heavy atom. The second-order valence-electron chi connectivity index (χ2n) is 7.60.